The minimum atomic E-state index is 0.856. The van der Waals surface area contributed by atoms with Gasteiger partial charge < -0.3 is 9.30 Å². The van der Waals surface area contributed by atoms with Crippen LogP contribution in [0.3, 0.4) is 0 Å². The van der Waals surface area contributed by atoms with Gasteiger partial charge >= 0.3 is 0 Å². The SMILES string of the molecule is CCCCc1c2ccc(OC)cc2nc2c1c1ccccc1n2C. The van der Waals surface area contributed by atoms with E-state index in [1.54, 1.807) is 7.11 Å². The van der Waals surface area contributed by atoms with E-state index in [2.05, 4.69) is 48.9 Å². The molecule has 4 rings (SSSR count). The molecular weight excluding hydrogens is 296 g/mol. The Morgan fingerprint density at radius 3 is 2.71 bits per heavy atom. The lowest BCUT2D eigenvalue weighted by Gasteiger charge is -2.10. The van der Waals surface area contributed by atoms with Crippen molar-refractivity contribution in [2.45, 2.75) is 26.2 Å². The van der Waals surface area contributed by atoms with Crippen LogP contribution in [0.25, 0.3) is 32.8 Å². The van der Waals surface area contributed by atoms with Crippen molar-refractivity contribution in [1.29, 1.82) is 0 Å². The maximum atomic E-state index is 5.40. The number of unbranched alkanes of at least 4 members (excludes halogenated alkanes) is 1. The Morgan fingerprint density at radius 2 is 1.92 bits per heavy atom. The van der Waals surface area contributed by atoms with Gasteiger partial charge in [0.05, 0.1) is 18.1 Å². The van der Waals surface area contributed by atoms with Gasteiger partial charge in [-0.1, -0.05) is 31.5 Å². The van der Waals surface area contributed by atoms with E-state index in [0.717, 1.165) is 23.3 Å². The highest BCUT2D eigenvalue weighted by Crippen LogP contribution is 2.35. The molecule has 0 bridgehead atoms. The first kappa shape index (κ1) is 15.0. The molecule has 3 nitrogen and oxygen atoms in total. The topological polar surface area (TPSA) is 27.1 Å². The van der Waals surface area contributed by atoms with Crippen LogP contribution in [0.4, 0.5) is 0 Å². The van der Waals surface area contributed by atoms with Crippen molar-refractivity contribution in [3.63, 3.8) is 0 Å². The monoisotopic (exact) mass is 318 g/mol. The maximum absolute atomic E-state index is 5.40. The van der Waals surface area contributed by atoms with Crippen molar-refractivity contribution in [3.8, 4) is 5.75 Å². The summed E-state index contributed by atoms with van der Waals surface area (Å²) in [7, 11) is 3.81. The van der Waals surface area contributed by atoms with Gasteiger partial charge in [-0.25, -0.2) is 4.98 Å². The lowest BCUT2D eigenvalue weighted by atomic mass is 9.98. The summed E-state index contributed by atoms with van der Waals surface area (Å²) in [5.41, 5.74) is 4.72. The van der Waals surface area contributed by atoms with Gasteiger partial charge in [0, 0.05) is 29.3 Å². The molecule has 2 aromatic carbocycles. The number of methoxy groups -OCH3 is 1. The zero-order valence-corrected chi connectivity index (χ0v) is 14.5. The lowest BCUT2D eigenvalue weighted by Crippen LogP contribution is -1.96. The summed E-state index contributed by atoms with van der Waals surface area (Å²) in [6.07, 6.45) is 3.45. The molecule has 0 atom stereocenters. The van der Waals surface area contributed by atoms with Gasteiger partial charge in [-0.2, -0.15) is 0 Å². The van der Waals surface area contributed by atoms with Crippen molar-refractivity contribution >= 4 is 32.8 Å². The zero-order valence-electron chi connectivity index (χ0n) is 14.5. The molecule has 0 unspecified atom stereocenters. The second-order valence-corrected chi connectivity index (χ2v) is 6.35. The molecule has 2 heterocycles. The van der Waals surface area contributed by atoms with E-state index in [1.807, 2.05) is 12.1 Å². The molecule has 3 heteroatoms. The molecule has 2 aromatic heterocycles. The van der Waals surface area contributed by atoms with Crippen LogP contribution in [0.5, 0.6) is 5.75 Å². The van der Waals surface area contributed by atoms with E-state index >= 15 is 0 Å². The second-order valence-electron chi connectivity index (χ2n) is 6.35. The number of pyridine rings is 1. The summed E-state index contributed by atoms with van der Waals surface area (Å²) in [5.74, 6) is 0.856. The number of fused-ring (bicyclic) bond motifs is 4. The molecule has 4 aromatic rings. The van der Waals surface area contributed by atoms with Gasteiger partial charge in [-0.15, -0.1) is 0 Å². The zero-order chi connectivity index (χ0) is 16.7. The van der Waals surface area contributed by atoms with Gasteiger partial charge in [-0.3, -0.25) is 0 Å². The molecule has 0 aliphatic rings. The number of aryl methyl sites for hydroxylation is 2. The normalized spacial score (nSPS) is 11.6. The van der Waals surface area contributed by atoms with Crippen LogP contribution in [0.2, 0.25) is 0 Å². The predicted octanol–water partition coefficient (Wildman–Crippen LogP) is 5.23. The fraction of sp³-hybridized carbons (Fsp3) is 0.286. The number of nitrogens with zero attached hydrogens (tertiary/aromatic N) is 2. The van der Waals surface area contributed by atoms with Crippen LogP contribution in [-0.4, -0.2) is 16.7 Å². The third-order valence-electron chi connectivity index (χ3n) is 4.91. The van der Waals surface area contributed by atoms with Gasteiger partial charge in [0.25, 0.3) is 0 Å². The smallest absolute Gasteiger partial charge is 0.141 e. The van der Waals surface area contributed by atoms with Crippen molar-refractivity contribution in [3.05, 3.63) is 48.0 Å². The second kappa shape index (κ2) is 5.82. The van der Waals surface area contributed by atoms with E-state index in [9.17, 15) is 0 Å². The van der Waals surface area contributed by atoms with E-state index in [-0.39, 0.29) is 0 Å². The Kier molecular flexibility index (Phi) is 3.64. The van der Waals surface area contributed by atoms with Crippen LogP contribution < -0.4 is 4.74 Å². The molecule has 0 radical (unpaired) electrons. The Hall–Kier alpha value is -2.55. The third kappa shape index (κ3) is 2.15. The average molecular weight is 318 g/mol. The van der Waals surface area contributed by atoms with E-state index in [1.165, 1.54) is 40.1 Å². The molecule has 0 aliphatic carbocycles. The van der Waals surface area contributed by atoms with Crippen LogP contribution in [-0.2, 0) is 13.5 Å². The molecule has 0 fully saturated rings. The Bertz CT molecular complexity index is 1050. The Balaban J connectivity index is 2.17. The van der Waals surface area contributed by atoms with E-state index in [0.29, 0.717) is 0 Å². The lowest BCUT2D eigenvalue weighted by molar-refractivity contribution is 0.415. The number of hydrogen-bond donors (Lipinski definition) is 0. The van der Waals surface area contributed by atoms with Crippen molar-refractivity contribution < 1.29 is 4.74 Å². The first-order chi connectivity index (χ1) is 11.7. The molecule has 0 N–H and O–H groups in total. The van der Waals surface area contributed by atoms with Crippen molar-refractivity contribution in [1.82, 2.24) is 9.55 Å². The maximum Gasteiger partial charge on any atom is 0.141 e. The Labute approximate surface area is 141 Å². The van der Waals surface area contributed by atoms with Crippen LogP contribution in [0.15, 0.2) is 42.5 Å². The molecule has 0 spiro atoms. The minimum Gasteiger partial charge on any atom is -0.497 e. The summed E-state index contributed by atoms with van der Waals surface area (Å²) in [6.45, 7) is 2.24. The highest BCUT2D eigenvalue weighted by molar-refractivity contribution is 6.12. The molecule has 0 aliphatic heterocycles. The minimum absolute atomic E-state index is 0.856. The first-order valence-electron chi connectivity index (χ1n) is 8.58. The van der Waals surface area contributed by atoms with Crippen LogP contribution in [0, 0.1) is 0 Å². The summed E-state index contributed by atoms with van der Waals surface area (Å²) >= 11 is 0. The van der Waals surface area contributed by atoms with Gasteiger partial charge in [0.2, 0.25) is 0 Å². The highest BCUT2D eigenvalue weighted by atomic mass is 16.5. The number of rotatable bonds is 4. The summed E-state index contributed by atoms with van der Waals surface area (Å²) < 4.78 is 7.61. The fourth-order valence-corrected chi connectivity index (χ4v) is 3.66. The molecule has 122 valence electrons. The van der Waals surface area contributed by atoms with Crippen LogP contribution in [0.1, 0.15) is 25.3 Å². The van der Waals surface area contributed by atoms with Crippen molar-refractivity contribution in [2.75, 3.05) is 7.11 Å². The molecule has 0 amide bonds. The highest BCUT2D eigenvalue weighted by Gasteiger charge is 2.16. The summed E-state index contributed by atoms with van der Waals surface area (Å²) in [6, 6.07) is 14.8. The number of aromatic nitrogens is 2. The number of ether oxygens (including phenoxy) is 1. The van der Waals surface area contributed by atoms with Gasteiger partial charge in [0.1, 0.15) is 11.4 Å². The molecule has 0 saturated carbocycles. The quantitative estimate of drug-likeness (QED) is 0.515. The Morgan fingerprint density at radius 1 is 1.08 bits per heavy atom. The summed E-state index contributed by atoms with van der Waals surface area (Å²) in [4.78, 5) is 4.97. The largest absolute Gasteiger partial charge is 0.497 e. The standard InChI is InChI=1S/C21H22N2O/c1-4-5-8-16-15-12-11-14(24-3)13-18(15)22-21-20(16)17-9-6-7-10-19(17)23(21)2/h6-7,9-13H,4-5,8H2,1-3H3. The van der Waals surface area contributed by atoms with Crippen molar-refractivity contribution in [2.24, 2.45) is 7.05 Å². The fourth-order valence-electron chi connectivity index (χ4n) is 3.66. The number of benzene rings is 2. The molecule has 24 heavy (non-hydrogen) atoms. The first-order valence-corrected chi connectivity index (χ1v) is 8.58. The molecular formula is C21H22N2O. The predicted molar refractivity (Wildman–Crippen MR) is 101 cm³/mol. The van der Waals surface area contributed by atoms with E-state index in [4.69, 9.17) is 9.72 Å². The summed E-state index contributed by atoms with van der Waals surface area (Å²) in [5, 5.41) is 3.85. The van der Waals surface area contributed by atoms with Gasteiger partial charge in [0.15, 0.2) is 0 Å². The third-order valence-corrected chi connectivity index (χ3v) is 4.91. The number of hydrogen-bond acceptors (Lipinski definition) is 2. The molecule has 0 saturated heterocycles. The van der Waals surface area contributed by atoms with Crippen LogP contribution >= 0.6 is 0 Å². The number of para-hydroxylation sites is 1. The average Bonchev–Trinajstić information content (AvgIpc) is 2.91. The van der Waals surface area contributed by atoms with Gasteiger partial charge in [-0.05, 0) is 36.6 Å². The van der Waals surface area contributed by atoms with E-state index < -0.39 is 0 Å².